The van der Waals surface area contributed by atoms with E-state index in [2.05, 4.69) is 10.6 Å². The second-order valence-electron chi connectivity index (χ2n) is 4.88. The van der Waals surface area contributed by atoms with Crippen molar-refractivity contribution in [2.75, 3.05) is 17.2 Å². The normalized spacial score (nSPS) is 10.3. The number of amides is 1. The molecule has 2 N–H and O–H groups in total. The van der Waals surface area contributed by atoms with Gasteiger partial charge in [0.25, 0.3) is 0 Å². The fraction of sp³-hybridized carbons (Fsp3) is 0.188. The number of rotatable bonds is 4. The molecule has 1 amide bonds. The molecule has 0 aliphatic rings. The van der Waals surface area contributed by atoms with Crippen molar-refractivity contribution < 1.29 is 4.79 Å². The van der Waals surface area contributed by atoms with Crippen LogP contribution in [0.1, 0.15) is 11.1 Å². The van der Waals surface area contributed by atoms with Crippen molar-refractivity contribution in [2.45, 2.75) is 13.8 Å². The Morgan fingerprint density at radius 2 is 1.71 bits per heavy atom. The first-order valence-corrected chi connectivity index (χ1v) is 7.27. The van der Waals surface area contributed by atoms with Crippen LogP contribution < -0.4 is 10.6 Å². The van der Waals surface area contributed by atoms with Crippen LogP contribution >= 0.6 is 23.2 Å². The first-order valence-electron chi connectivity index (χ1n) is 6.51. The Labute approximate surface area is 134 Å². The number of carbonyl (C=O) groups excluding carboxylic acids is 1. The third-order valence-electron chi connectivity index (χ3n) is 2.97. The molecule has 0 spiro atoms. The van der Waals surface area contributed by atoms with Crippen LogP contribution in [0.5, 0.6) is 0 Å². The van der Waals surface area contributed by atoms with Gasteiger partial charge in [-0.05, 0) is 43.7 Å². The Morgan fingerprint density at radius 3 is 2.33 bits per heavy atom. The molecule has 0 unspecified atom stereocenters. The fourth-order valence-electron chi connectivity index (χ4n) is 1.99. The molecule has 0 heterocycles. The lowest BCUT2D eigenvalue weighted by atomic mass is 10.1. The largest absolute Gasteiger partial charge is 0.376 e. The molecule has 0 aliphatic heterocycles. The molecule has 0 saturated heterocycles. The summed E-state index contributed by atoms with van der Waals surface area (Å²) in [5.74, 6) is -0.127. The summed E-state index contributed by atoms with van der Waals surface area (Å²) in [6, 6.07) is 11.0. The third kappa shape index (κ3) is 4.66. The van der Waals surface area contributed by atoms with Gasteiger partial charge in [0.15, 0.2) is 0 Å². The molecule has 0 aliphatic carbocycles. The maximum absolute atomic E-state index is 12.0. The molecule has 0 bridgehead atoms. The number of hydrogen-bond acceptors (Lipinski definition) is 2. The van der Waals surface area contributed by atoms with Crippen molar-refractivity contribution in [3.63, 3.8) is 0 Å². The molecule has 0 atom stereocenters. The maximum Gasteiger partial charge on any atom is 0.243 e. The molecule has 5 heteroatoms. The van der Waals surface area contributed by atoms with Crippen LogP contribution in [0.15, 0.2) is 36.4 Å². The summed E-state index contributed by atoms with van der Waals surface area (Å²) < 4.78 is 0. The van der Waals surface area contributed by atoms with Crippen molar-refractivity contribution >= 4 is 40.5 Å². The van der Waals surface area contributed by atoms with E-state index in [0.717, 1.165) is 16.8 Å². The Kier molecular flexibility index (Phi) is 5.10. The van der Waals surface area contributed by atoms with E-state index >= 15 is 0 Å². The average Bonchev–Trinajstić information content (AvgIpc) is 2.39. The lowest BCUT2D eigenvalue weighted by Crippen LogP contribution is -2.22. The van der Waals surface area contributed by atoms with E-state index in [1.165, 1.54) is 0 Å². The van der Waals surface area contributed by atoms with Crippen molar-refractivity contribution in [3.05, 3.63) is 57.6 Å². The van der Waals surface area contributed by atoms with E-state index < -0.39 is 0 Å². The van der Waals surface area contributed by atoms with Crippen molar-refractivity contribution in [2.24, 2.45) is 0 Å². The number of aryl methyl sites for hydroxylation is 2. The SMILES string of the molecule is Cc1ccc(NC(=O)CNc2cc(Cl)cc(Cl)c2)c(C)c1. The third-order valence-corrected chi connectivity index (χ3v) is 3.41. The van der Waals surface area contributed by atoms with Crippen LogP contribution in [0.3, 0.4) is 0 Å². The minimum Gasteiger partial charge on any atom is -0.376 e. The summed E-state index contributed by atoms with van der Waals surface area (Å²) in [6.07, 6.45) is 0. The Hall–Kier alpha value is -1.71. The smallest absolute Gasteiger partial charge is 0.243 e. The summed E-state index contributed by atoms with van der Waals surface area (Å²) in [6.45, 7) is 4.12. The predicted molar refractivity (Wildman–Crippen MR) is 89.5 cm³/mol. The predicted octanol–water partition coefficient (Wildman–Crippen LogP) is 4.66. The zero-order valence-electron chi connectivity index (χ0n) is 11.8. The van der Waals surface area contributed by atoms with Crippen LogP contribution in [-0.4, -0.2) is 12.5 Å². The molecule has 0 saturated carbocycles. The Morgan fingerprint density at radius 1 is 1.05 bits per heavy atom. The van der Waals surface area contributed by atoms with E-state index in [-0.39, 0.29) is 12.5 Å². The van der Waals surface area contributed by atoms with E-state index in [9.17, 15) is 4.79 Å². The number of halogens is 2. The Bertz CT molecular complexity index is 651. The molecular formula is C16H16Cl2N2O. The van der Waals surface area contributed by atoms with E-state index in [1.807, 2.05) is 32.0 Å². The number of carbonyl (C=O) groups is 1. The quantitative estimate of drug-likeness (QED) is 0.859. The summed E-state index contributed by atoms with van der Waals surface area (Å²) in [4.78, 5) is 12.0. The monoisotopic (exact) mass is 322 g/mol. The molecule has 2 rings (SSSR count). The number of benzene rings is 2. The van der Waals surface area contributed by atoms with Gasteiger partial charge in [0.05, 0.1) is 6.54 Å². The standard InChI is InChI=1S/C16H16Cl2N2O/c1-10-3-4-15(11(2)5-10)20-16(21)9-19-14-7-12(17)6-13(18)8-14/h3-8,19H,9H2,1-2H3,(H,20,21). The van der Waals surface area contributed by atoms with Gasteiger partial charge in [0.1, 0.15) is 0 Å². The van der Waals surface area contributed by atoms with Gasteiger partial charge in [-0.25, -0.2) is 0 Å². The summed E-state index contributed by atoms with van der Waals surface area (Å²) in [5, 5.41) is 6.92. The van der Waals surface area contributed by atoms with Gasteiger partial charge in [0, 0.05) is 21.4 Å². The van der Waals surface area contributed by atoms with Gasteiger partial charge in [0.2, 0.25) is 5.91 Å². The minimum atomic E-state index is -0.127. The highest BCUT2D eigenvalue weighted by Crippen LogP contribution is 2.22. The van der Waals surface area contributed by atoms with E-state index in [1.54, 1.807) is 18.2 Å². The van der Waals surface area contributed by atoms with Crippen LogP contribution in [0.2, 0.25) is 10.0 Å². The van der Waals surface area contributed by atoms with Crippen LogP contribution in [0, 0.1) is 13.8 Å². The lowest BCUT2D eigenvalue weighted by molar-refractivity contribution is -0.114. The van der Waals surface area contributed by atoms with Gasteiger partial charge < -0.3 is 10.6 Å². The van der Waals surface area contributed by atoms with Crippen molar-refractivity contribution in [1.82, 2.24) is 0 Å². The number of hydrogen-bond donors (Lipinski definition) is 2. The molecule has 3 nitrogen and oxygen atoms in total. The van der Waals surface area contributed by atoms with Crippen LogP contribution in [0.25, 0.3) is 0 Å². The Balaban J connectivity index is 1.95. The topological polar surface area (TPSA) is 41.1 Å². The molecular weight excluding hydrogens is 307 g/mol. The molecule has 0 radical (unpaired) electrons. The van der Waals surface area contributed by atoms with E-state index in [0.29, 0.717) is 15.7 Å². The average molecular weight is 323 g/mol. The van der Waals surface area contributed by atoms with Crippen molar-refractivity contribution in [1.29, 1.82) is 0 Å². The summed E-state index contributed by atoms with van der Waals surface area (Å²) in [7, 11) is 0. The van der Waals surface area contributed by atoms with Gasteiger partial charge in [-0.1, -0.05) is 40.9 Å². The summed E-state index contributed by atoms with van der Waals surface area (Å²) >= 11 is 11.8. The molecule has 110 valence electrons. The van der Waals surface area contributed by atoms with E-state index in [4.69, 9.17) is 23.2 Å². The number of anilines is 2. The molecule has 0 aromatic heterocycles. The van der Waals surface area contributed by atoms with Crippen molar-refractivity contribution in [3.8, 4) is 0 Å². The second kappa shape index (κ2) is 6.83. The highest BCUT2D eigenvalue weighted by molar-refractivity contribution is 6.35. The second-order valence-corrected chi connectivity index (χ2v) is 5.75. The molecule has 0 fully saturated rings. The zero-order valence-corrected chi connectivity index (χ0v) is 13.3. The first kappa shape index (κ1) is 15.7. The van der Waals surface area contributed by atoms with Crippen LogP contribution in [0.4, 0.5) is 11.4 Å². The number of nitrogens with one attached hydrogen (secondary N) is 2. The minimum absolute atomic E-state index is 0.127. The van der Waals surface area contributed by atoms with Gasteiger partial charge in [-0.3, -0.25) is 4.79 Å². The zero-order chi connectivity index (χ0) is 15.4. The molecule has 2 aromatic rings. The van der Waals surface area contributed by atoms with Gasteiger partial charge in [-0.15, -0.1) is 0 Å². The van der Waals surface area contributed by atoms with Gasteiger partial charge in [-0.2, -0.15) is 0 Å². The highest BCUT2D eigenvalue weighted by Gasteiger charge is 2.05. The fourth-order valence-corrected chi connectivity index (χ4v) is 2.51. The highest BCUT2D eigenvalue weighted by atomic mass is 35.5. The maximum atomic E-state index is 12.0. The first-order chi connectivity index (χ1) is 9.94. The van der Waals surface area contributed by atoms with Gasteiger partial charge >= 0.3 is 0 Å². The lowest BCUT2D eigenvalue weighted by Gasteiger charge is -2.11. The molecule has 2 aromatic carbocycles. The summed E-state index contributed by atoms with van der Waals surface area (Å²) in [5.41, 5.74) is 3.73. The van der Waals surface area contributed by atoms with Crippen LogP contribution in [-0.2, 0) is 4.79 Å². The molecule has 21 heavy (non-hydrogen) atoms.